The number of nitrogens with zero attached hydrogens (tertiary/aromatic N) is 1. The zero-order chi connectivity index (χ0) is 24.3. The summed E-state index contributed by atoms with van der Waals surface area (Å²) in [7, 11) is -3.86. The maximum atomic E-state index is 14.8. The molecule has 0 radical (unpaired) electrons. The van der Waals surface area contributed by atoms with Crippen LogP contribution in [0.1, 0.15) is 61.6 Å². The lowest BCUT2D eigenvalue weighted by molar-refractivity contribution is 0.162. The minimum atomic E-state index is -3.86. The van der Waals surface area contributed by atoms with Gasteiger partial charge in [0.25, 0.3) is 10.0 Å². The van der Waals surface area contributed by atoms with Crippen LogP contribution in [-0.2, 0) is 34.1 Å². The Kier molecular flexibility index (Phi) is 7.75. The van der Waals surface area contributed by atoms with Gasteiger partial charge in [-0.1, -0.05) is 44.2 Å². The molecule has 1 unspecified atom stereocenters. The second-order valence-corrected chi connectivity index (χ2v) is 12.3. The summed E-state index contributed by atoms with van der Waals surface area (Å²) >= 11 is 0. The van der Waals surface area contributed by atoms with Gasteiger partial charge in [-0.25, -0.2) is 12.8 Å². The average Bonchev–Trinajstić information content (AvgIpc) is 3.55. The molecule has 0 bridgehead atoms. The van der Waals surface area contributed by atoms with Crippen LogP contribution < -0.4 is 4.72 Å². The molecule has 7 heteroatoms. The van der Waals surface area contributed by atoms with Crippen LogP contribution in [0.2, 0.25) is 0 Å². The molecule has 5 rings (SSSR count). The number of nitrogens with one attached hydrogen (secondary N) is 1. The van der Waals surface area contributed by atoms with Gasteiger partial charge in [-0.3, -0.25) is 9.62 Å². The van der Waals surface area contributed by atoms with E-state index in [2.05, 4.69) is 9.62 Å². The van der Waals surface area contributed by atoms with Gasteiger partial charge >= 0.3 is 0 Å². The van der Waals surface area contributed by atoms with Gasteiger partial charge in [0.1, 0.15) is 5.82 Å². The molecule has 2 aromatic rings. The molecular formula is C28H37FN2O3S. The maximum Gasteiger partial charge on any atom is 0.261 e. The lowest BCUT2D eigenvalue weighted by Gasteiger charge is -2.30. The highest BCUT2D eigenvalue weighted by Crippen LogP contribution is 2.30. The molecule has 2 heterocycles. The monoisotopic (exact) mass is 500 g/mol. The molecule has 2 aliphatic heterocycles. The zero-order valence-electron chi connectivity index (χ0n) is 20.5. The third-order valence-corrected chi connectivity index (χ3v) is 9.31. The summed E-state index contributed by atoms with van der Waals surface area (Å²) in [4.78, 5) is 2.62. The van der Waals surface area contributed by atoms with E-state index in [1.807, 2.05) is 12.1 Å². The van der Waals surface area contributed by atoms with E-state index in [9.17, 15) is 12.8 Å². The van der Waals surface area contributed by atoms with Crippen molar-refractivity contribution in [1.82, 2.24) is 4.90 Å². The SMILES string of the molecule is O=S(=O)(Nc1ccc(CCCC2CCCC2)cc1F)c1ccc2c(c1)CCN(CC1CCOC1)C2. The largest absolute Gasteiger partial charge is 0.381 e. The molecule has 3 aliphatic rings. The highest BCUT2D eigenvalue weighted by atomic mass is 32.2. The molecule has 2 aromatic carbocycles. The van der Waals surface area contributed by atoms with Crippen LogP contribution >= 0.6 is 0 Å². The van der Waals surface area contributed by atoms with Crippen molar-refractivity contribution in [3.8, 4) is 0 Å². The number of ether oxygens (including phenoxy) is 1. The van der Waals surface area contributed by atoms with Gasteiger partial charge in [0.2, 0.25) is 0 Å². The lowest BCUT2D eigenvalue weighted by atomic mass is 9.98. The van der Waals surface area contributed by atoms with Crippen LogP contribution in [0.3, 0.4) is 0 Å². The summed E-state index contributed by atoms with van der Waals surface area (Å²) in [6, 6.07) is 10.2. The standard InChI is InChI=1S/C28H37FN2O3S/c29-27-16-22(7-3-6-21-4-1-2-5-21)8-11-28(27)30-35(32,33)26-10-9-25-19-31(14-12-24(25)17-26)18-23-13-15-34-20-23/h8-11,16-17,21,23,30H,1-7,12-15,18-20H2. The van der Waals surface area contributed by atoms with Gasteiger partial charge in [-0.15, -0.1) is 0 Å². The van der Waals surface area contributed by atoms with Crippen molar-refractivity contribution >= 4 is 15.7 Å². The van der Waals surface area contributed by atoms with E-state index in [1.165, 1.54) is 43.7 Å². The molecule has 190 valence electrons. The second kappa shape index (κ2) is 11.0. The number of rotatable bonds is 9. The highest BCUT2D eigenvalue weighted by molar-refractivity contribution is 7.92. The Bertz CT molecular complexity index is 1130. The van der Waals surface area contributed by atoms with E-state index in [1.54, 1.807) is 18.2 Å². The van der Waals surface area contributed by atoms with Crippen LogP contribution in [0, 0.1) is 17.7 Å². The van der Waals surface area contributed by atoms with Crippen LogP contribution in [-0.4, -0.2) is 39.6 Å². The number of benzene rings is 2. The van der Waals surface area contributed by atoms with Gasteiger partial charge in [0, 0.05) is 26.2 Å². The Hall–Kier alpha value is -1.96. The average molecular weight is 501 g/mol. The van der Waals surface area contributed by atoms with Gasteiger partial charge in [-0.05, 0) is 78.5 Å². The lowest BCUT2D eigenvalue weighted by Crippen LogP contribution is -2.35. The molecule has 2 fully saturated rings. The maximum absolute atomic E-state index is 14.8. The van der Waals surface area contributed by atoms with E-state index in [0.29, 0.717) is 5.92 Å². The number of fused-ring (bicyclic) bond motifs is 1. The number of halogens is 1. The fourth-order valence-electron chi connectivity index (χ4n) is 5.90. The predicted octanol–water partition coefficient (Wildman–Crippen LogP) is 5.53. The molecule has 1 aliphatic carbocycles. The first-order chi connectivity index (χ1) is 17.0. The predicted molar refractivity (Wildman–Crippen MR) is 136 cm³/mol. The summed E-state index contributed by atoms with van der Waals surface area (Å²) < 4.78 is 48.8. The van der Waals surface area contributed by atoms with Crippen molar-refractivity contribution in [3.05, 3.63) is 58.9 Å². The van der Waals surface area contributed by atoms with Gasteiger partial charge in [-0.2, -0.15) is 0 Å². The summed E-state index contributed by atoms with van der Waals surface area (Å²) in [5.41, 5.74) is 3.16. The number of hydrogen-bond acceptors (Lipinski definition) is 4. The third-order valence-electron chi connectivity index (χ3n) is 7.95. The van der Waals surface area contributed by atoms with E-state index < -0.39 is 15.8 Å². The van der Waals surface area contributed by atoms with Gasteiger partial charge < -0.3 is 4.74 Å². The van der Waals surface area contributed by atoms with Crippen LogP contribution in [0.4, 0.5) is 10.1 Å². The quantitative estimate of drug-likeness (QED) is 0.492. The summed E-state index contributed by atoms with van der Waals surface area (Å²) in [6.07, 6.45) is 10.3. The van der Waals surface area contributed by atoms with E-state index in [4.69, 9.17) is 4.74 Å². The molecule has 0 spiro atoms. The normalized spacial score (nSPS) is 21.3. The van der Waals surface area contributed by atoms with Crippen molar-refractivity contribution in [1.29, 1.82) is 0 Å². The van der Waals surface area contributed by atoms with Crippen molar-refractivity contribution in [3.63, 3.8) is 0 Å². The van der Waals surface area contributed by atoms with Gasteiger partial charge in [0.15, 0.2) is 0 Å². The number of aryl methyl sites for hydroxylation is 1. The first-order valence-corrected chi connectivity index (χ1v) is 14.7. The molecule has 35 heavy (non-hydrogen) atoms. The van der Waals surface area contributed by atoms with Crippen LogP contribution in [0.5, 0.6) is 0 Å². The first kappa shape index (κ1) is 24.7. The first-order valence-electron chi connectivity index (χ1n) is 13.2. The summed E-state index contributed by atoms with van der Waals surface area (Å²) in [5.74, 6) is 0.901. The van der Waals surface area contributed by atoms with Crippen molar-refractivity contribution in [2.24, 2.45) is 11.8 Å². The van der Waals surface area contributed by atoms with Gasteiger partial charge in [0.05, 0.1) is 17.2 Å². The molecule has 5 nitrogen and oxygen atoms in total. The van der Waals surface area contributed by atoms with Crippen LogP contribution in [0.15, 0.2) is 41.3 Å². The number of hydrogen-bond donors (Lipinski definition) is 1. The Morgan fingerprint density at radius 1 is 1.03 bits per heavy atom. The van der Waals surface area contributed by atoms with E-state index in [-0.39, 0.29) is 10.6 Å². The highest BCUT2D eigenvalue weighted by Gasteiger charge is 2.24. The summed E-state index contributed by atoms with van der Waals surface area (Å²) in [5, 5.41) is 0. The fraction of sp³-hybridized carbons (Fsp3) is 0.571. The smallest absolute Gasteiger partial charge is 0.261 e. The van der Waals surface area contributed by atoms with Crippen LogP contribution in [0.25, 0.3) is 0 Å². The number of sulfonamides is 1. The van der Waals surface area contributed by atoms with E-state index in [0.717, 1.165) is 75.6 Å². The Morgan fingerprint density at radius 3 is 2.66 bits per heavy atom. The molecule has 1 saturated heterocycles. The molecule has 1 saturated carbocycles. The Morgan fingerprint density at radius 2 is 1.89 bits per heavy atom. The molecule has 0 amide bonds. The van der Waals surface area contributed by atoms with Crippen molar-refractivity contribution in [2.75, 3.05) is 31.0 Å². The van der Waals surface area contributed by atoms with Crippen molar-refractivity contribution in [2.45, 2.75) is 69.2 Å². The molecule has 0 aromatic heterocycles. The third kappa shape index (κ3) is 6.25. The summed E-state index contributed by atoms with van der Waals surface area (Å²) in [6.45, 7) is 4.46. The Balaban J connectivity index is 1.19. The minimum Gasteiger partial charge on any atom is -0.381 e. The minimum absolute atomic E-state index is 0.00669. The Labute approximate surface area is 209 Å². The number of anilines is 1. The topological polar surface area (TPSA) is 58.6 Å². The zero-order valence-corrected chi connectivity index (χ0v) is 21.3. The molecular weight excluding hydrogens is 463 g/mol. The van der Waals surface area contributed by atoms with Crippen molar-refractivity contribution < 1.29 is 17.5 Å². The molecule has 1 N–H and O–H groups in total. The van der Waals surface area contributed by atoms with E-state index >= 15 is 0 Å². The molecule has 1 atom stereocenters. The second-order valence-electron chi connectivity index (χ2n) is 10.6. The fourth-order valence-corrected chi connectivity index (χ4v) is 7.02.